The molecule has 4 bridgehead atoms. The summed E-state index contributed by atoms with van der Waals surface area (Å²) in [7, 11) is 3.57. The largest absolute Gasteiger partial charge is 0.504 e. The molecular weight excluding hydrogens is 450 g/mol. The van der Waals surface area contributed by atoms with Crippen LogP contribution in [-0.4, -0.2) is 55.6 Å². The molecule has 1 aliphatic heterocycles. The van der Waals surface area contributed by atoms with Crippen molar-refractivity contribution in [3.8, 4) is 17.2 Å². The van der Waals surface area contributed by atoms with Crippen LogP contribution in [0.25, 0.3) is 0 Å². The van der Waals surface area contributed by atoms with Crippen molar-refractivity contribution < 1.29 is 19.3 Å². The molecule has 5 nitrogen and oxygen atoms in total. The molecule has 36 heavy (non-hydrogen) atoms. The SMILES string of the molecule is COc1ccc2c(c1O)C13CCN(CC4CC4)[C@H](C2)[C@]12CC[C@](OC)(C3)[C@@H](COc1ccccc1)C2. The van der Waals surface area contributed by atoms with E-state index in [1.54, 1.807) is 7.11 Å². The lowest BCUT2D eigenvalue weighted by Crippen LogP contribution is -2.76. The third-order valence-corrected chi connectivity index (χ3v) is 10.9. The number of fused-ring (bicyclic) bond motifs is 3. The number of phenols is 1. The van der Waals surface area contributed by atoms with Crippen LogP contribution >= 0.6 is 0 Å². The maximum Gasteiger partial charge on any atom is 0.161 e. The average Bonchev–Trinajstić information content (AvgIpc) is 3.73. The van der Waals surface area contributed by atoms with Gasteiger partial charge < -0.3 is 19.3 Å². The van der Waals surface area contributed by atoms with Gasteiger partial charge in [-0.3, -0.25) is 4.90 Å². The second kappa shape index (κ2) is 8.13. The number of ether oxygens (including phenoxy) is 3. The summed E-state index contributed by atoms with van der Waals surface area (Å²) in [6, 6.07) is 14.9. The summed E-state index contributed by atoms with van der Waals surface area (Å²) in [5.41, 5.74) is 2.31. The van der Waals surface area contributed by atoms with Crippen LogP contribution in [0.3, 0.4) is 0 Å². The van der Waals surface area contributed by atoms with Gasteiger partial charge in [-0.2, -0.15) is 0 Å². The van der Waals surface area contributed by atoms with Crippen molar-refractivity contribution in [1.82, 2.24) is 4.90 Å². The molecule has 5 fully saturated rings. The van der Waals surface area contributed by atoms with Crippen molar-refractivity contribution in [3.05, 3.63) is 53.6 Å². The van der Waals surface area contributed by atoms with Crippen molar-refractivity contribution in [2.24, 2.45) is 17.3 Å². The van der Waals surface area contributed by atoms with Gasteiger partial charge in [-0.05, 0) is 93.0 Å². The zero-order chi connectivity index (χ0) is 24.5. The van der Waals surface area contributed by atoms with Gasteiger partial charge in [0.2, 0.25) is 0 Å². The van der Waals surface area contributed by atoms with E-state index in [1.807, 2.05) is 43.5 Å². The number of benzene rings is 2. The van der Waals surface area contributed by atoms with E-state index in [4.69, 9.17) is 14.2 Å². The second-order valence-electron chi connectivity index (χ2n) is 12.3. The number of likely N-dealkylation sites (tertiary alicyclic amines) is 1. The first-order chi connectivity index (χ1) is 17.5. The van der Waals surface area contributed by atoms with Crippen LogP contribution in [0.15, 0.2) is 42.5 Å². The standard InChI is InChI=1S/C31H39NO4/c1-34-25-11-10-22-16-26-29-12-13-31(35-2,23(17-29)19-36-24-6-4-3-5-7-24)20-30(29,27(22)28(25)33)14-15-32(26)18-21-8-9-21/h3-7,10-11,21,23,26,33H,8-9,12-20H2,1-2H3/t23-,26-,29-,30?,31+/m1/s1. The molecule has 1 heterocycles. The molecule has 1 saturated heterocycles. The number of piperidine rings is 1. The van der Waals surface area contributed by atoms with E-state index in [0.29, 0.717) is 30.1 Å². The van der Waals surface area contributed by atoms with Crippen LogP contribution in [0.1, 0.15) is 56.1 Å². The fraction of sp³-hybridized carbons (Fsp3) is 0.613. The molecule has 2 aromatic carbocycles. The quantitative estimate of drug-likeness (QED) is 0.570. The number of rotatable bonds is 7. The van der Waals surface area contributed by atoms with E-state index >= 15 is 0 Å². The molecular formula is C31H39NO4. The van der Waals surface area contributed by atoms with E-state index < -0.39 is 0 Å². The molecule has 1 spiro atoms. The van der Waals surface area contributed by atoms with Crippen LogP contribution in [0.2, 0.25) is 0 Å². The molecule has 5 atom stereocenters. The first-order valence-electron chi connectivity index (χ1n) is 13.9. The molecule has 1 N–H and O–H groups in total. The smallest absolute Gasteiger partial charge is 0.161 e. The highest BCUT2D eigenvalue weighted by molar-refractivity contribution is 5.58. The molecule has 4 saturated carbocycles. The molecule has 0 aromatic heterocycles. The van der Waals surface area contributed by atoms with Crippen molar-refractivity contribution in [2.45, 2.75) is 68.4 Å². The highest BCUT2D eigenvalue weighted by Crippen LogP contribution is 2.73. The zero-order valence-electron chi connectivity index (χ0n) is 21.7. The van der Waals surface area contributed by atoms with Gasteiger partial charge in [0.05, 0.1) is 19.3 Å². The Kier molecular flexibility index (Phi) is 5.17. The van der Waals surface area contributed by atoms with Gasteiger partial charge in [-0.25, -0.2) is 0 Å². The Morgan fingerprint density at radius 1 is 1.03 bits per heavy atom. The molecule has 1 unspecified atom stereocenters. The molecule has 6 aliphatic rings. The van der Waals surface area contributed by atoms with E-state index in [2.05, 4.69) is 11.0 Å². The lowest BCUT2D eigenvalue weighted by molar-refractivity contribution is -0.242. The van der Waals surface area contributed by atoms with Crippen molar-refractivity contribution in [2.75, 3.05) is 33.9 Å². The maximum atomic E-state index is 11.6. The minimum absolute atomic E-state index is 0.0819. The predicted octanol–water partition coefficient (Wildman–Crippen LogP) is 5.33. The molecule has 0 amide bonds. The van der Waals surface area contributed by atoms with E-state index in [-0.39, 0.29) is 16.4 Å². The fourth-order valence-corrected chi connectivity index (χ4v) is 9.11. The van der Waals surface area contributed by atoms with Crippen LogP contribution < -0.4 is 9.47 Å². The molecule has 5 aliphatic carbocycles. The Balaban J connectivity index is 1.33. The highest BCUT2D eigenvalue weighted by Gasteiger charge is 2.73. The lowest BCUT2D eigenvalue weighted by Gasteiger charge is -2.74. The van der Waals surface area contributed by atoms with Gasteiger partial charge in [-0.1, -0.05) is 24.3 Å². The Morgan fingerprint density at radius 2 is 1.86 bits per heavy atom. The molecule has 5 heteroatoms. The average molecular weight is 490 g/mol. The van der Waals surface area contributed by atoms with E-state index in [9.17, 15) is 5.11 Å². The predicted molar refractivity (Wildman–Crippen MR) is 139 cm³/mol. The van der Waals surface area contributed by atoms with Gasteiger partial charge in [0.15, 0.2) is 11.5 Å². The number of para-hydroxylation sites is 1. The minimum atomic E-state index is -0.232. The number of methoxy groups -OCH3 is 2. The summed E-state index contributed by atoms with van der Waals surface area (Å²) in [5.74, 6) is 3.13. The van der Waals surface area contributed by atoms with Crippen molar-refractivity contribution >= 4 is 0 Å². The molecule has 8 rings (SSSR count). The summed E-state index contributed by atoms with van der Waals surface area (Å²) < 4.78 is 18.5. The van der Waals surface area contributed by atoms with Gasteiger partial charge >= 0.3 is 0 Å². The Morgan fingerprint density at radius 3 is 2.61 bits per heavy atom. The Bertz CT molecular complexity index is 1150. The van der Waals surface area contributed by atoms with Crippen LogP contribution in [0.4, 0.5) is 0 Å². The van der Waals surface area contributed by atoms with Crippen molar-refractivity contribution in [3.63, 3.8) is 0 Å². The molecule has 192 valence electrons. The number of hydrogen-bond donors (Lipinski definition) is 1. The molecule has 0 radical (unpaired) electrons. The number of phenolic OH excluding ortho intramolecular Hbond substituents is 1. The van der Waals surface area contributed by atoms with Gasteiger partial charge in [-0.15, -0.1) is 0 Å². The summed E-state index contributed by atoms with van der Waals surface area (Å²) in [6.45, 7) is 3.03. The summed E-state index contributed by atoms with van der Waals surface area (Å²) >= 11 is 0. The Labute approximate surface area is 214 Å². The first-order valence-corrected chi connectivity index (χ1v) is 13.9. The number of aromatic hydroxyl groups is 1. The number of nitrogens with zero attached hydrogens (tertiary/aromatic N) is 1. The topological polar surface area (TPSA) is 51.2 Å². The third-order valence-electron chi connectivity index (χ3n) is 10.9. The summed E-state index contributed by atoms with van der Waals surface area (Å²) in [5, 5.41) is 11.6. The van der Waals surface area contributed by atoms with Crippen LogP contribution in [-0.2, 0) is 16.6 Å². The van der Waals surface area contributed by atoms with E-state index in [0.717, 1.165) is 56.7 Å². The minimum Gasteiger partial charge on any atom is -0.504 e. The monoisotopic (exact) mass is 489 g/mol. The first kappa shape index (κ1) is 22.9. The molecule has 2 aromatic rings. The second-order valence-corrected chi connectivity index (χ2v) is 12.3. The summed E-state index contributed by atoms with van der Waals surface area (Å²) in [4.78, 5) is 2.85. The van der Waals surface area contributed by atoms with Gasteiger partial charge in [0.1, 0.15) is 5.75 Å². The van der Waals surface area contributed by atoms with Crippen LogP contribution in [0, 0.1) is 17.3 Å². The van der Waals surface area contributed by atoms with Crippen LogP contribution in [0.5, 0.6) is 17.2 Å². The third kappa shape index (κ3) is 3.08. The highest BCUT2D eigenvalue weighted by atomic mass is 16.5. The normalized spacial score (nSPS) is 36.7. The lowest BCUT2D eigenvalue weighted by atomic mass is 9.35. The van der Waals surface area contributed by atoms with Gasteiger partial charge in [0, 0.05) is 36.6 Å². The van der Waals surface area contributed by atoms with Gasteiger partial charge in [0.25, 0.3) is 0 Å². The zero-order valence-corrected chi connectivity index (χ0v) is 21.7. The number of hydrogen-bond acceptors (Lipinski definition) is 5. The summed E-state index contributed by atoms with van der Waals surface area (Å²) in [6.07, 6.45) is 9.16. The maximum absolute atomic E-state index is 11.6. The van der Waals surface area contributed by atoms with E-state index in [1.165, 1.54) is 30.5 Å². The Hall–Kier alpha value is -2.24. The van der Waals surface area contributed by atoms with Crippen molar-refractivity contribution in [1.29, 1.82) is 0 Å². The fourth-order valence-electron chi connectivity index (χ4n) is 9.11.